The number of esters is 1. The Morgan fingerprint density at radius 3 is 2.52 bits per heavy atom. The van der Waals surface area contributed by atoms with Crippen molar-refractivity contribution < 1.29 is 18.3 Å². The molecule has 0 heterocycles. The molecule has 0 saturated heterocycles. The van der Waals surface area contributed by atoms with Gasteiger partial charge in [0.25, 0.3) is 0 Å². The number of hydrogen-bond acceptors (Lipinski definition) is 3. The molecule has 0 aliphatic heterocycles. The number of benzene rings is 2. The van der Waals surface area contributed by atoms with Gasteiger partial charge in [0.2, 0.25) is 0 Å². The molecule has 0 spiro atoms. The molecular formula is C16H15F2NO2. The highest BCUT2D eigenvalue weighted by Gasteiger charge is 2.33. The van der Waals surface area contributed by atoms with E-state index < -0.39 is 18.5 Å². The second kappa shape index (κ2) is 5.91. The minimum atomic E-state index is -3.24. The molecule has 0 aliphatic rings. The maximum Gasteiger partial charge on any atom is 0.340 e. The molecule has 0 atom stereocenters. The highest BCUT2D eigenvalue weighted by Crippen LogP contribution is 2.28. The minimum absolute atomic E-state index is 0.0962. The number of carbonyl (C=O) groups excluding carboxylic acids is 1. The van der Waals surface area contributed by atoms with Gasteiger partial charge in [-0.15, -0.1) is 0 Å². The molecule has 0 bridgehead atoms. The van der Waals surface area contributed by atoms with Crippen LogP contribution in [0.4, 0.5) is 14.5 Å². The van der Waals surface area contributed by atoms with E-state index in [-0.39, 0.29) is 16.8 Å². The Morgan fingerprint density at radius 2 is 1.86 bits per heavy atom. The van der Waals surface area contributed by atoms with E-state index in [1.165, 1.54) is 30.3 Å². The lowest BCUT2D eigenvalue weighted by molar-refractivity contribution is -0.0661. The van der Waals surface area contributed by atoms with Gasteiger partial charge in [-0.2, -0.15) is 8.78 Å². The molecule has 21 heavy (non-hydrogen) atoms. The maximum atomic E-state index is 13.9. The molecule has 0 unspecified atom stereocenters. The van der Waals surface area contributed by atoms with Gasteiger partial charge in [0, 0.05) is 11.3 Å². The minimum Gasteiger partial charge on any atom is -0.455 e. The van der Waals surface area contributed by atoms with Crippen molar-refractivity contribution in [3.05, 3.63) is 65.2 Å². The number of anilines is 1. The van der Waals surface area contributed by atoms with Crippen LogP contribution >= 0.6 is 0 Å². The number of halogens is 2. The van der Waals surface area contributed by atoms with Crippen molar-refractivity contribution in [2.24, 2.45) is 0 Å². The van der Waals surface area contributed by atoms with E-state index in [0.29, 0.717) is 0 Å². The predicted octanol–water partition coefficient (Wildman–Crippen LogP) is 3.53. The van der Waals surface area contributed by atoms with Gasteiger partial charge in [-0.3, -0.25) is 0 Å². The third kappa shape index (κ3) is 3.56. The lowest BCUT2D eigenvalue weighted by Crippen LogP contribution is -2.23. The van der Waals surface area contributed by atoms with Crippen LogP contribution < -0.4 is 5.73 Å². The van der Waals surface area contributed by atoms with E-state index in [1.807, 2.05) is 0 Å². The number of alkyl halides is 2. The van der Waals surface area contributed by atoms with Crippen molar-refractivity contribution >= 4 is 11.7 Å². The lowest BCUT2D eigenvalue weighted by atomic mass is 10.1. The summed E-state index contributed by atoms with van der Waals surface area (Å²) in [4.78, 5) is 11.9. The number of nitrogens with two attached hydrogens (primary N) is 1. The van der Waals surface area contributed by atoms with E-state index in [2.05, 4.69) is 0 Å². The maximum absolute atomic E-state index is 13.9. The molecule has 2 aromatic rings. The zero-order valence-electron chi connectivity index (χ0n) is 11.5. The molecule has 2 N–H and O–H groups in total. The van der Waals surface area contributed by atoms with Crippen LogP contribution in [-0.4, -0.2) is 12.6 Å². The third-order valence-corrected chi connectivity index (χ3v) is 3.01. The van der Waals surface area contributed by atoms with Crippen molar-refractivity contribution in [3.63, 3.8) is 0 Å². The zero-order valence-corrected chi connectivity index (χ0v) is 11.5. The second-order valence-electron chi connectivity index (χ2n) is 4.74. The van der Waals surface area contributed by atoms with Crippen LogP contribution in [0.3, 0.4) is 0 Å². The molecule has 0 aromatic heterocycles. The molecule has 5 heteroatoms. The molecule has 3 nitrogen and oxygen atoms in total. The van der Waals surface area contributed by atoms with E-state index in [9.17, 15) is 13.6 Å². The quantitative estimate of drug-likeness (QED) is 0.692. The second-order valence-corrected chi connectivity index (χ2v) is 4.74. The largest absolute Gasteiger partial charge is 0.455 e. The highest BCUT2D eigenvalue weighted by molar-refractivity contribution is 5.95. The first kappa shape index (κ1) is 15.0. The lowest BCUT2D eigenvalue weighted by Gasteiger charge is -2.17. The van der Waals surface area contributed by atoms with E-state index in [0.717, 1.165) is 5.56 Å². The average Bonchev–Trinajstić information content (AvgIpc) is 2.48. The molecule has 0 radical (unpaired) electrons. The first-order chi connectivity index (χ1) is 9.90. The number of rotatable bonds is 4. The van der Waals surface area contributed by atoms with Crippen LogP contribution in [0.1, 0.15) is 21.5 Å². The Labute approximate surface area is 121 Å². The normalized spacial score (nSPS) is 11.2. The summed E-state index contributed by atoms with van der Waals surface area (Å²) in [6, 6.07) is 12.0. The summed E-state index contributed by atoms with van der Waals surface area (Å²) in [5, 5.41) is 0. The Kier molecular flexibility index (Phi) is 4.21. The summed E-state index contributed by atoms with van der Waals surface area (Å²) >= 11 is 0. The van der Waals surface area contributed by atoms with Crippen LogP contribution in [-0.2, 0) is 10.7 Å². The summed E-state index contributed by atoms with van der Waals surface area (Å²) in [5.41, 5.74) is 6.55. The van der Waals surface area contributed by atoms with Gasteiger partial charge in [0.15, 0.2) is 6.61 Å². The predicted molar refractivity (Wildman–Crippen MR) is 76.2 cm³/mol. The first-order valence-corrected chi connectivity index (χ1v) is 6.37. The van der Waals surface area contributed by atoms with Gasteiger partial charge in [0.05, 0.1) is 5.56 Å². The van der Waals surface area contributed by atoms with Crippen molar-refractivity contribution in [2.75, 3.05) is 12.3 Å². The van der Waals surface area contributed by atoms with Crippen LogP contribution in [0.5, 0.6) is 0 Å². The van der Waals surface area contributed by atoms with Gasteiger partial charge < -0.3 is 10.5 Å². The molecule has 0 fully saturated rings. The molecular weight excluding hydrogens is 276 g/mol. The van der Waals surface area contributed by atoms with Gasteiger partial charge in [-0.1, -0.05) is 42.0 Å². The monoisotopic (exact) mass is 291 g/mol. The van der Waals surface area contributed by atoms with Crippen molar-refractivity contribution in [1.29, 1.82) is 0 Å². The van der Waals surface area contributed by atoms with Gasteiger partial charge in [0.1, 0.15) is 0 Å². The fourth-order valence-corrected chi connectivity index (χ4v) is 1.85. The molecule has 0 saturated carbocycles. The van der Waals surface area contributed by atoms with Crippen LogP contribution in [0.2, 0.25) is 0 Å². The number of nitrogen functional groups attached to an aromatic ring is 1. The molecule has 110 valence electrons. The summed E-state index contributed by atoms with van der Waals surface area (Å²) in [5.74, 6) is -4.10. The fraction of sp³-hybridized carbons (Fsp3) is 0.188. The first-order valence-electron chi connectivity index (χ1n) is 6.37. The number of carbonyl (C=O) groups is 1. The number of hydrogen-bond donors (Lipinski definition) is 1. The zero-order chi connectivity index (χ0) is 15.5. The summed E-state index contributed by atoms with van der Waals surface area (Å²) in [6.07, 6.45) is 0. The van der Waals surface area contributed by atoms with Gasteiger partial charge in [-0.05, 0) is 19.1 Å². The van der Waals surface area contributed by atoms with Gasteiger partial charge >= 0.3 is 11.9 Å². The van der Waals surface area contributed by atoms with E-state index in [4.69, 9.17) is 10.5 Å². The standard InChI is InChI=1S/C16H15F2NO2/c1-11-7-8-14(19)13(9-11)15(20)21-10-16(17,18)12-5-3-2-4-6-12/h2-9H,10,19H2,1H3. The van der Waals surface area contributed by atoms with Crippen molar-refractivity contribution in [1.82, 2.24) is 0 Å². The van der Waals surface area contributed by atoms with Crippen molar-refractivity contribution in [3.8, 4) is 0 Å². The SMILES string of the molecule is Cc1ccc(N)c(C(=O)OCC(F)(F)c2ccccc2)c1. The Hall–Kier alpha value is -2.43. The third-order valence-electron chi connectivity index (χ3n) is 3.01. The molecule has 0 amide bonds. The van der Waals surface area contributed by atoms with Crippen LogP contribution in [0.15, 0.2) is 48.5 Å². The molecule has 2 rings (SSSR count). The summed E-state index contributed by atoms with van der Waals surface area (Å²) < 4.78 is 32.5. The smallest absolute Gasteiger partial charge is 0.340 e. The van der Waals surface area contributed by atoms with E-state index in [1.54, 1.807) is 25.1 Å². The Bertz CT molecular complexity index is 642. The molecule has 0 aliphatic carbocycles. The average molecular weight is 291 g/mol. The number of aryl methyl sites for hydroxylation is 1. The Morgan fingerprint density at radius 1 is 1.19 bits per heavy atom. The Balaban J connectivity index is 2.09. The fourth-order valence-electron chi connectivity index (χ4n) is 1.85. The summed E-state index contributed by atoms with van der Waals surface area (Å²) in [7, 11) is 0. The van der Waals surface area contributed by atoms with Gasteiger partial charge in [-0.25, -0.2) is 4.79 Å². The number of ether oxygens (including phenoxy) is 1. The molecule has 2 aromatic carbocycles. The topological polar surface area (TPSA) is 52.3 Å². The van der Waals surface area contributed by atoms with Crippen LogP contribution in [0.25, 0.3) is 0 Å². The van der Waals surface area contributed by atoms with Crippen LogP contribution in [0, 0.1) is 6.92 Å². The highest BCUT2D eigenvalue weighted by atomic mass is 19.3. The summed E-state index contributed by atoms with van der Waals surface area (Å²) in [6.45, 7) is 0.748. The van der Waals surface area contributed by atoms with Crippen molar-refractivity contribution in [2.45, 2.75) is 12.8 Å². The van der Waals surface area contributed by atoms with E-state index >= 15 is 0 Å².